The van der Waals surface area contributed by atoms with Crippen LogP contribution in [0.5, 0.6) is 0 Å². The Labute approximate surface area is 178 Å². The summed E-state index contributed by atoms with van der Waals surface area (Å²) < 4.78 is 27.4. The van der Waals surface area contributed by atoms with Gasteiger partial charge in [0.1, 0.15) is 0 Å². The molecule has 1 N–H and O–H groups in total. The minimum Gasteiger partial charge on any atom is -0.345 e. The SMILES string of the molecule is Cc1ccc([C@@H](C)NC(=O)c2cc(S(=O)(=O)N3CCCCC3)ccc2Cl)cc1C. The number of carbonyl (C=O) groups is 1. The molecule has 0 radical (unpaired) electrons. The van der Waals surface area contributed by atoms with Crippen LogP contribution in [0.1, 0.15) is 59.3 Å². The van der Waals surface area contributed by atoms with Crippen molar-refractivity contribution in [3.63, 3.8) is 0 Å². The van der Waals surface area contributed by atoms with E-state index in [1.807, 2.05) is 39.0 Å². The Morgan fingerprint density at radius 2 is 1.72 bits per heavy atom. The molecule has 1 amide bonds. The number of nitrogens with one attached hydrogen (secondary N) is 1. The Balaban J connectivity index is 1.83. The van der Waals surface area contributed by atoms with E-state index in [-0.39, 0.29) is 21.5 Å². The summed E-state index contributed by atoms with van der Waals surface area (Å²) in [5, 5.41) is 3.16. The number of piperidine rings is 1. The van der Waals surface area contributed by atoms with E-state index in [2.05, 4.69) is 5.32 Å². The first-order valence-electron chi connectivity index (χ1n) is 9.88. The zero-order valence-electron chi connectivity index (χ0n) is 17.0. The van der Waals surface area contributed by atoms with Crippen molar-refractivity contribution < 1.29 is 13.2 Å². The quantitative estimate of drug-likeness (QED) is 0.746. The van der Waals surface area contributed by atoms with E-state index in [0.717, 1.165) is 30.4 Å². The van der Waals surface area contributed by atoms with Gasteiger partial charge in [-0.25, -0.2) is 8.42 Å². The molecule has 0 unspecified atom stereocenters. The lowest BCUT2D eigenvalue weighted by molar-refractivity contribution is 0.0940. The van der Waals surface area contributed by atoms with Gasteiger partial charge in [0.05, 0.1) is 21.5 Å². The lowest BCUT2D eigenvalue weighted by atomic mass is 10.0. The van der Waals surface area contributed by atoms with Gasteiger partial charge in [-0.2, -0.15) is 4.31 Å². The molecule has 7 heteroatoms. The first kappa shape index (κ1) is 21.8. The first-order chi connectivity index (χ1) is 13.7. The fourth-order valence-corrected chi connectivity index (χ4v) is 5.23. The third-order valence-electron chi connectivity index (χ3n) is 5.51. The minimum atomic E-state index is -3.63. The highest BCUT2D eigenvalue weighted by Crippen LogP contribution is 2.26. The molecule has 29 heavy (non-hydrogen) atoms. The van der Waals surface area contributed by atoms with Gasteiger partial charge in [0.15, 0.2) is 0 Å². The van der Waals surface area contributed by atoms with Gasteiger partial charge >= 0.3 is 0 Å². The largest absolute Gasteiger partial charge is 0.345 e. The second kappa shape index (κ2) is 8.86. The van der Waals surface area contributed by atoms with Crippen molar-refractivity contribution in [3.8, 4) is 0 Å². The molecule has 1 saturated heterocycles. The van der Waals surface area contributed by atoms with E-state index in [0.29, 0.717) is 13.1 Å². The maximum absolute atomic E-state index is 12.9. The van der Waals surface area contributed by atoms with Crippen LogP contribution < -0.4 is 5.32 Å². The molecule has 1 fully saturated rings. The van der Waals surface area contributed by atoms with Gasteiger partial charge < -0.3 is 5.32 Å². The lowest BCUT2D eigenvalue weighted by Gasteiger charge is -2.26. The molecule has 0 spiro atoms. The van der Waals surface area contributed by atoms with Gasteiger partial charge in [-0.1, -0.05) is 36.2 Å². The fourth-order valence-electron chi connectivity index (χ4n) is 3.48. The summed E-state index contributed by atoms with van der Waals surface area (Å²) in [5.74, 6) is -0.392. The van der Waals surface area contributed by atoms with Gasteiger partial charge in [-0.15, -0.1) is 0 Å². The average molecular weight is 435 g/mol. The number of amides is 1. The Bertz CT molecular complexity index is 1010. The molecule has 3 rings (SSSR count). The summed E-state index contributed by atoms with van der Waals surface area (Å²) in [4.78, 5) is 13.0. The molecule has 1 heterocycles. The number of nitrogens with zero attached hydrogens (tertiary/aromatic N) is 1. The van der Waals surface area contributed by atoms with Crippen LogP contribution in [0, 0.1) is 13.8 Å². The fraction of sp³-hybridized carbons (Fsp3) is 0.409. The molecule has 1 aliphatic rings. The van der Waals surface area contributed by atoms with Crippen LogP contribution in [0.4, 0.5) is 0 Å². The molecule has 2 aromatic carbocycles. The smallest absolute Gasteiger partial charge is 0.253 e. The predicted molar refractivity (Wildman–Crippen MR) is 116 cm³/mol. The minimum absolute atomic E-state index is 0.104. The van der Waals surface area contributed by atoms with Crippen molar-refractivity contribution >= 4 is 27.5 Å². The zero-order chi connectivity index (χ0) is 21.2. The van der Waals surface area contributed by atoms with E-state index in [1.54, 1.807) is 0 Å². The monoisotopic (exact) mass is 434 g/mol. The summed E-state index contributed by atoms with van der Waals surface area (Å²) >= 11 is 6.23. The molecule has 1 aliphatic heterocycles. The van der Waals surface area contributed by atoms with E-state index < -0.39 is 15.9 Å². The van der Waals surface area contributed by atoms with Crippen molar-refractivity contribution in [1.29, 1.82) is 0 Å². The molecule has 156 valence electrons. The van der Waals surface area contributed by atoms with Crippen molar-refractivity contribution in [2.45, 2.75) is 51.0 Å². The Hall–Kier alpha value is -1.89. The molecule has 0 aromatic heterocycles. The van der Waals surface area contributed by atoms with E-state index in [4.69, 9.17) is 11.6 Å². The van der Waals surface area contributed by atoms with Crippen LogP contribution >= 0.6 is 11.6 Å². The van der Waals surface area contributed by atoms with Gasteiger partial charge in [0, 0.05) is 13.1 Å². The highest BCUT2D eigenvalue weighted by atomic mass is 35.5. The maximum Gasteiger partial charge on any atom is 0.253 e. The van der Waals surface area contributed by atoms with Gasteiger partial charge in [-0.05, 0) is 68.5 Å². The van der Waals surface area contributed by atoms with Crippen molar-refractivity contribution in [2.75, 3.05) is 13.1 Å². The molecular weight excluding hydrogens is 408 g/mol. The molecular formula is C22H27ClN2O3S. The van der Waals surface area contributed by atoms with Crippen LogP contribution in [-0.4, -0.2) is 31.7 Å². The summed E-state index contributed by atoms with van der Waals surface area (Å²) in [7, 11) is -3.63. The number of sulfonamides is 1. The highest BCUT2D eigenvalue weighted by molar-refractivity contribution is 7.89. The number of rotatable bonds is 5. The Morgan fingerprint density at radius 3 is 2.38 bits per heavy atom. The summed E-state index contributed by atoms with van der Waals surface area (Å²) in [6.45, 7) is 6.98. The van der Waals surface area contributed by atoms with Crippen LogP contribution in [0.25, 0.3) is 0 Å². The molecule has 0 aliphatic carbocycles. The number of benzene rings is 2. The number of halogens is 1. The van der Waals surface area contributed by atoms with Crippen LogP contribution in [0.15, 0.2) is 41.3 Å². The second-order valence-electron chi connectivity index (χ2n) is 7.65. The van der Waals surface area contributed by atoms with Crippen LogP contribution in [0.2, 0.25) is 5.02 Å². The Kier molecular flexibility index (Phi) is 6.66. The summed E-state index contributed by atoms with van der Waals surface area (Å²) in [6.07, 6.45) is 2.75. The van der Waals surface area contributed by atoms with Gasteiger partial charge in [0.2, 0.25) is 10.0 Å². The molecule has 1 atom stereocenters. The lowest BCUT2D eigenvalue weighted by Crippen LogP contribution is -2.35. The van der Waals surface area contributed by atoms with Crippen LogP contribution in [0.3, 0.4) is 0 Å². The van der Waals surface area contributed by atoms with E-state index in [9.17, 15) is 13.2 Å². The number of carbonyl (C=O) groups excluding carboxylic acids is 1. The predicted octanol–water partition coefficient (Wildman–Crippen LogP) is 4.62. The zero-order valence-corrected chi connectivity index (χ0v) is 18.6. The third-order valence-corrected chi connectivity index (χ3v) is 7.74. The highest BCUT2D eigenvalue weighted by Gasteiger charge is 2.27. The molecule has 0 bridgehead atoms. The Morgan fingerprint density at radius 1 is 1.03 bits per heavy atom. The van der Waals surface area contributed by atoms with E-state index >= 15 is 0 Å². The molecule has 2 aromatic rings. The first-order valence-corrected chi connectivity index (χ1v) is 11.7. The number of hydrogen-bond acceptors (Lipinski definition) is 3. The molecule has 5 nitrogen and oxygen atoms in total. The maximum atomic E-state index is 12.9. The normalized spacial score (nSPS) is 16.4. The summed E-state index contributed by atoms with van der Waals surface area (Å²) in [5.41, 5.74) is 3.48. The van der Waals surface area contributed by atoms with Crippen molar-refractivity contribution in [3.05, 3.63) is 63.7 Å². The van der Waals surface area contributed by atoms with Crippen molar-refractivity contribution in [2.24, 2.45) is 0 Å². The number of aryl methyl sites for hydroxylation is 2. The van der Waals surface area contributed by atoms with Gasteiger partial charge in [-0.3, -0.25) is 4.79 Å². The van der Waals surface area contributed by atoms with E-state index in [1.165, 1.54) is 28.1 Å². The van der Waals surface area contributed by atoms with Crippen LogP contribution in [-0.2, 0) is 10.0 Å². The summed E-state index contributed by atoms with van der Waals surface area (Å²) in [6, 6.07) is 10.1. The van der Waals surface area contributed by atoms with Gasteiger partial charge in [0.25, 0.3) is 5.91 Å². The standard InChI is InChI=1S/C22H27ClN2O3S/c1-15-7-8-18(13-16(15)2)17(3)24-22(26)20-14-19(9-10-21(20)23)29(27,28)25-11-5-4-6-12-25/h7-10,13-14,17H,4-6,11-12H2,1-3H3,(H,24,26)/t17-/m1/s1. The topological polar surface area (TPSA) is 66.5 Å². The average Bonchev–Trinajstić information content (AvgIpc) is 2.70. The second-order valence-corrected chi connectivity index (χ2v) is 9.99. The van der Waals surface area contributed by atoms with Crippen molar-refractivity contribution in [1.82, 2.24) is 9.62 Å². The third kappa shape index (κ3) is 4.82. The molecule has 0 saturated carbocycles. The number of hydrogen-bond donors (Lipinski definition) is 1.